The Morgan fingerprint density at radius 2 is 2.06 bits per heavy atom. The number of hydrogen-bond acceptors (Lipinski definition) is 4. The molecule has 88 valence electrons. The molecule has 0 unspecified atom stereocenters. The molecule has 0 amide bonds. The summed E-state index contributed by atoms with van der Waals surface area (Å²) in [4.78, 5) is 11.8. The Morgan fingerprint density at radius 3 is 2.88 bits per heavy atom. The minimum atomic E-state index is -0.460. The van der Waals surface area contributed by atoms with Crippen LogP contribution in [0.4, 0.5) is 0 Å². The monoisotopic (exact) mass is 232 g/mol. The molecule has 0 aliphatic carbocycles. The Labute approximate surface area is 98.8 Å². The average Bonchev–Trinajstić information content (AvgIpc) is 2.77. The molecule has 0 N–H and O–H groups in total. The first-order valence-electron chi connectivity index (χ1n) is 5.54. The van der Waals surface area contributed by atoms with Crippen LogP contribution < -0.4 is 0 Å². The van der Waals surface area contributed by atoms with Crippen LogP contribution in [0.2, 0.25) is 0 Å². The molecule has 0 saturated carbocycles. The number of ether oxygens (including phenoxy) is 3. The normalized spacial score (nSPS) is 30.2. The first kappa shape index (κ1) is 10.5. The van der Waals surface area contributed by atoms with E-state index in [2.05, 4.69) is 0 Å². The zero-order valence-electron chi connectivity index (χ0n) is 9.11. The van der Waals surface area contributed by atoms with Crippen molar-refractivity contribution in [3.8, 4) is 0 Å². The maximum Gasteiger partial charge on any atom is 0.338 e. The van der Waals surface area contributed by atoms with Gasteiger partial charge in [-0.3, -0.25) is 0 Å². The summed E-state index contributed by atoms with van der Waals surface area (Å²) in [6.07, 6.45) is 2.78. The van der Waals surface area contributed by atoms with Gasteiger partial charge in [-0.25, -0.2) is 4.79 Å². The molecular formula is C13H12O4. The van der Waals surface area contributed by atoms with Crippen molar-refractivity contribution in [2.24, 2.45) is 0 Å². The molecule has 2 aliphatic rings. The molecule has 3 atom stereocenters. The smallest absolute Gasteiger partial charge is 0.338 e. The molecule has 1 saturated heterocycles. The highest BCUT2D eigenvalue weighted by molar-refractivity contribution is 5.89. The van der Waals surface area contributed by atoms with E-state index in [1.54, 1.807) is 24.3 Å². The van der Waals surface area contributed by atoms with E-state index >= 15 is 0 Å². The van der Waals surface area contributed by atoms with Gasteiger partial charge < -0.3 is 14.2 Å². The summed E-state index contributed by atoms with van der Waals surface area (Å²) in [6.45, 7) is 0.528. The zero-order chi connectivity index (χ0) is 11.7. The molecule has 0 spiro atoms. The molecule has 4 nitrogen and oxygen atoms in total. The van der Waals surface area contributed by atoms with Crippen molar-refractivity contribution in [1.29, 1.82) is 0 Å². The Bertz CT molecular complexity index is 440. The molecule has 0 aromatic heterocycles. The van der Waals surface area contributed by atoms with E-state index in [0.29, 0.717) is 12.2 Å². The average molecular weight is 232 g/mol. The van der Waals surface area contributed by atoms with Crippen molar-refractivity contribution in [3.05, 3.63) is 48.0 Å². The second-order valence-electron chi connectivity index (χ2n) is 4.00. The fraction of sp³-hybridized carbons (Fsp3) is 0.308. The van der Waals surface area contributed by atoms with Crippen molar-refractivity contribution in [1.82, 2.24) is 0 Å². The van der Waals surface area contributed by atoms with E-state index in [9.17, 15) is 4.79 Å². The zero-order valence-corrected chi connectivity index (χ0v) is 9.11. The van der Waals surface area contributed by atoms with Crippen molar-refractivity contribution < 1.29 is 19.0 Å². The van der Waals surface area contributed by atoms with Crippen LogP contribution in [-0.4, -0.2) is 31.1 Å². The Balaban J connectivity index is 1.70. The first-order chi connectivity index (χ1) is 8.33. The topological polar surface area (TPSA) is 44.8 Å². The maximum atomic E-state index is 11.8. The van der Waals surface area contributed by atoms with Crippen molar-refractivity contribution >= 4 is 5.97 Å². The highest BCUT2D eigenvalue weighted by atomic mass is 16.7. The van der Waals surface area contributed by atoms with Crippen molar-refractivity contribution in [3.63, 3.8) is 0 Å². The summed E-state index contributed by atoms with van der Waals surface area (Å²) >= 11 is 0. The van der Waals surface area contributed by atoms with Gasteiger partial charge in [0.25, 0.3) is 0 Å². The van der Waals surface area contributed by atoms with Gasteiger partial charge in [0.1, 0.15) is 6.10 Å². The molecular weight excluding hydrogens is 220 g/mol. The predicted molar refractivity (Wildman–Crippen MR) is 59.4 cm³/mol. The SMILES string of the molecule is O=C(O[C@@H]1C=C[C@@H]2CO[C@@H]1O2)c1ccccc1. The highest BCUT2D eigenvalue weighted by Gasteiger charge is 2.36. The fourth-order valence-electron chi connectivity index (χ4n) is 1.90. The lowest BCUT2D eigenvalue weighted by Gasteiger charge is -2.22. The first-order valence-corrected chi connectivity index (χ1v) is 5.54. The van der Waals surface area contributed by atoms with Gasteiger partial charge in [0, 0.05) is 0 Å². The van der Waals surface area contributed by atoms with E-state index in [-0.39, 0.29) is 12.1 Å². The van der Waals surface area contributed by atoms with Crippen LogP contribution >= 0.6 is 0 Å². The third-order valence-electron chi connectivity index (χ3n) is 2.77. The minimum Gasteiger partial charge on any atom is -0.449 e. The van der Waals surface area contributed by atoms with Crippen LogP contribution in [0.3, 0.4) is 0 Å². The molecule has 2 bridgehead atoms. The molecule has 1 aromatic rings. The fourth-order valence-corrected chi connectivity index (χ4v) is 1.90. The van der Waals surface area contributed by atoms with Crippen LogP contribution in [0, 0.1) is 0 Å². The molecule has 1 fully saturated rings. The second kappa shape index (κ2) is 4.31. The van der Waals surface area contributed by atoms with Crippen molar-refractivity contribution in [2.75, 3.05) is 6.61 Å². The number of esters is 1. The molecule has 2 aliphatic heterocycles. The lowest BCUT2D eigenvalue weighted by Crippen LogP contribution is -2.33. The molecule has 3 rings (SSSR count). The summed E-state index contributed by atoms with van der Waals surface area (Å²) in [7, 11) is 0. The lowest BCUT2D eigenvalue weighted by molar-refractivity contribution is -0.119. The molecule has 1 aromatic carbocycles. The molecule has 2 heterocycles. The number of benzene rings is 1. The second-order valence-corrected chi connectivity index (χ2v) is 4.00. The van der Waals surface area contributed by atoms with Crippen LogP contribution in [-0.2, 0) is 14.2 Å². The number of rotatable bonds is 2. The van der Waals surface area contributed by atoms with Gasteiger partial charge in [-0.15, -0.1) is 0 Å². The van der Waals surface area contributed by atoms with Gasteiger partial charge in [0.05, 0.1) is 12.2 Å². The molecule has 17 heavy (non-hydrogen) atoms. The summed E-state index contributed by atoms with van der Waals surface area (Å²) < 4.78 is 16.2. The largest absolute Gasteiger partial charge is 0.449 e. The van der Waals surface area contributed by atoms with Gasteiger partial charge in [-0.05, 0) is 18.2 Å². The van der Waals surface area contributed by atoms with Crippen LogP contribution in [0.25, 0.3) is 0 Å². The van der Waals surface area contributed by atoms with E-state index in [4.69, 9.17) is 14.2 Å². The van der Waals surface area contributed by atoms with E-state index < -0.39 is 12.4 Å². The number of carbonyl (C=O) groups excluding carboxylic acids is 1. The van der Waals surface area contributed by atoms with E-state index in [0.717, 1.165) is 0 Å². The van der Waals surface area contributed by atoms with Gasteiger partial charge in [-0.1, -0.05) is 24.3 Å². The number of hydrogen-bond donors (Lipinski definition) is 0. The van der Waals surface area contributed by atoms with Gasteiger partial charge in [0.15, 0.2) is 12.4 Å². The molecule has 0 radical (unpaired) electrons. The minimum absolute atomic E-state index is 0.00618. The summed E-state index contributed by atoms with van der Waals surface area (Å²) in [5.74, 6) is -0.363. The lowest BCUT2D eigenvalue weighted by atomic mass is 10.2. The van der Waals surface area contributed by atoms with Gasteiger partial charge >= 0.3 is 5.97 Å². The molecule has 4 heteroatoms. The van der Waals surface area contributed by atoms with Gasteiger partial charge in [0.2, 0.25) is 0 Å². The van der Waals surface area contributed by atoms with Gasteiger partial charge in [-0.2, -0.15) is 0 Å². The number of carbonyl (C=O) groups is 1. The Kier molecular flexibility index (Phi) is 2.66. The third-order valence-corrected chi connectivity index (χ3v) is 2.77. The summed E-state index contributed by atoms with van der Waals surface area (Å²) in [6, 6.07) is 8.88. The standard InChI is InChI=1S/C13H12O4/c14-12(9-4-2-1-3-5-9)17-11-7-6-10-8-15-13(11)16-10/h1-7,10-11,13H,8H2/t10-,11-,13-/m1/s1. The van der Waals surface area contributed by atoms with Crippen LogP contribution in [0.1, 0.15) is 10.4 Å². The summed E-state index contributed by atoms with van der Waals surface area (Å²) in [5.41, 5.74) is 0.529. The van der Waals surface area contributed by atoms with Crippen LogP contribution in [0.15, 0.2) is 42.5 Å². The Hall–Kier alpha value is -1.65. The highest BCUT2D eigenvalue weighted by Crippen LogP contribution is 2.24. The number of fused-ring (bicyclic) bond motifs is 2. The van der Waals surface area contributed by atoms with Crippen molar-refractivity contribution in [2.45, 2.75) is 18.5 Å². The van der Waals surface area contributed by atoms with Crippen LogP contribution in [0.5, 0.6) is 0 Å². The third kappa shape index (κ3) is 2.09. The Morgan fingerprint density at radius 1 is 1.24 bits per heavy atom. The quantitative estimate of drug-likeness (QED) is 0.573. The summed E-state index contributed by atoms with van der Waals surface area (Å²) in [5, 5.41) is 0. The van der Waals surface area contributed by atoms with E-state index in [1.165, 1.54) is 0 Å². The maximum absolute atomic E-state index is 11.8. The van der Waals surface area contributed by atoms with E-state index in [1.807, 2.05) is 18.2 Å². The predicted octanol–water partition coefficient (Wildman–Crippen LogP) is 1.52.